The number of aliphatic carboxylic acids is 1. The topological polar surface area (TPSA) is 114 Å². The molecule has 2 aromatic carbocycles. The van der Waals surface area contributed by atoms with E-state index in [1.807, 2.05) is 31.2 Å². The van der Waals surface area contributed by atoms with Gasteiger partial charge in [-0.15, -0.1) is 0 Å². The number of fused-ring (bicyclic) bond motifs is 3. The molecule has 1 aliphatic carbocycles. The second kappa shape index (κ2) is 11.4. The van der Waals surface area contributed by atoms with Crippen LogP contribution < -0.4 is 10.6 Å². The molecular weight excluding hydrogens is 448 g/mol. The smallest absolute Gasteiger partial charge is 0.407 e. The van der Waals surface area contributed by atoms with Gasteiger partial charge < -0.3 is 25.2 Å². The Labute approximate surface area is 205 Å². The molecule has 3 N–H and O–H groups in total. The fraction of sp³-hybridized carbons (Fsp3) is 0.444. The van der Waals surface area contributed by atoms with Crippen LogP contribution in [0.15, 0.2) is 48.5 Å². The number of carbonyl (C=O) groups is 3. The summed E-state index contributed by atoms with van der Waals surface area (Å²) < 4.78 is 11.0. The van der Waals surface area contributed by atoms with Crippen LogP contribution in [0.4, 0.5) is 4.79 Å². The van der Waals surface area contributed by atoms with Crippen LogP contribution in [0.1, 0.15) is 56.1 Å². The fourth-order valence-electron chi connectivity index (χ4n) is 4.83. The van der Waals surface area contributed by atoms with Crippen molar-refractivity contribution in [1.29, 1.82) is 0 Å². The van der Waals surface area contributed by atoms with E-state index in [0.29, 0.717) is 19.3 Å². The van der Waals surface area contributed by atoms with Crippen molar-refractivity contribution in [1.82, 2.24) is 10.6 Å². The third-order valence-electron chi connectivity index (χ3n) is 6.69. The first-order valence-corrected chi connectivity index (χ1v) is 12.3. The highest BCUT2D eigenvalue weighted by Crippen LogP contribution is 2.44. The van der Waals surface area contributed by atoms with E-state index in [1.54, 1.807) is 0 Å². The van der Waals surface area contributed by atoms with Crippen molar-refractivity contribution in [2.45, 2.75) is 63.2 Å². The van der Waals surface area contributed by atoms with Gasteiger partial charge in [0.2, 0.25) is 5.91 Å². The Morgan fingerprint density at radius 2 is 1.71 bits per heavy atom. The number of carboxylic acids is 1. The first kappa shape index (κ1) is 24.7. The summed E-state index contributed by atoms with van der Waals surface area (Å²) >= 11 is 0. The van der Waals surface area contributed by atoms with Gasteiger partial charge in [-0.25, -0.2) is 9.59 Å². The molecule has 1 heterocycles. The molecule has 0 saturated carbocycles. The number of unbranched alkanes of at least 4 members (excludes halogenated alkanes) is 1. The molecule has 0 radical (unpaired) electrons. The second-order valence-corrected chi connectivity index (χ2v) is 9.07. The number of carbonyl (C=O) groups excluding carboxylic acids is 2. The van der Waals surface area contributed by atoms with Gasteiger partial charge in [0.15, 0.2) is 6.10 Å². The SMILES string of the molecule is CCCCC(NC(=O)OCC1c2ccccc2-c2ccccc21)C(=O)NCC1CCC(C(=O)O)O1. The molecule has 0 bridgehead atoms. The van der Waals surface area contributed by atoms with Gasteiger partial charge >= 0.3 is 12.1 Å². The molecule has 2 aliphatic rings. The Balaban J connectivity index is 1.32. The van der Waals surface area contributed by atoms with Crippen LogP contribution in [-0.2, 0) is 19.1 Å². The summed E-state index contributed by atoms with van der Waals surface area (Å²) in [7, 11) is 0. The average Bonchev–Trinajstić information content (AvgIpc) is 3.47. The maximum atomic E-state index is 12.8. The molecule has 3 unspecified atom stereocenters. The molecule has 1 fully saturated rings. The van der Waals surface area contributed by atoms with Gasteiger partial charge in [-0.1, -0.05) is 68.3 Å². The van der Waals surface area contributed by atoms with E-state index in [2.05, 4.69) is 34.9 Å². The minimum Gasteiger partial charge on any atom is -0.479 e. The van der Waals surface area contributed by atoms with Crippen molar-refractivity contribution in [2.24, 2.45) is 0 Å². The van der Waals surface area contributed by atoms with Gasteiger partial charge in [-0.2, -0.15) is 0 Å². The standard InChI is InChI=1S/C27H32N2O6/c1-2-3-12-23(25(30)28-15-17-13-14-24(35-17)26(31)32)29-27(33)34-16-22-20-10-6-4-8-18(20)19-9-5-7-11-21(19)22/h4-11,17,22-24H,2-3,12-16H2,1H3,(H,28,30)(H,29,33)(H,31,32). The van der Waals surface area contributed by atoms with Crippen molar-refractivity contribution in [2.75, 3.05) is 13.2 Å². The number of benzene rings is 2. The molecule has 1 saturated heterocycles. The van der Waals surface area contributed by atoms with Crippen molar-refractivity contribution < 1.29 is 29.0 Å². The monoisotopic (exact) mass is 480 g/mol. The molecule has 2 amide bonds. The lowest BCUT2D eigenvalue weighted by Crippen LogP contribution is -2.48. The Kier molecular flexibility index (Phi) is 8.02. The van der Waals surface area contributed by atoms with E-state index in [-0.39, 0.29) is 31.1 Å². The summed E-state index contributed by atoms with van der Waals surface area (Å²) in [6.07, 6.45) is 1.31. The number of hydrogen-bond donors (Lipinski definition) is 3. The number of rotatable bonds is 10. The van der Waals surface area contributed by atoms with Gasteiger partial charge in [0, 0.05) is 12.5 Å². The summed E-state index contributed by atoms with van der Waals surface area (Å²) in [5, 5.41) is 14.6. The van der Waals surface area contributed by atoms with Crippen molar-refractivity contribution in [3.8, 4) is 11.1 Å². The van der Waals surface area contributed by atoms with E-state index >= 15 is 0 Å². The van der Waals surface area contributed by atoms with Crippen LogP contribution >= 0.6 is 0 Å². The van der Waals surface area contributed by atoms with Crippen LogP contribution in [0.25, 0.3) is 11.1 Å². The van der Waals surface area contributed by atoms with Crippen LogP contribution in [0.3, 0.4) is 0 Å². The van der Waals surface area contributed by atoms with Crippen LogP contribution in [-0.4, -0.2) is 54.5 Å². The minimum absolute atomic E-state index is 0.0576. The quantitative estimate of drug-likeness (QED) is 0.476. The van der Waals surface area contributed by atoms with Crippen LogP contribution in [0.2, 0.25) is 0 Å². The number of hydrogen-bond acceptors (Lipinski definition) is 5. The fourth-order valence-corrected chi connectivity index (χ4v) is 4.83. The first-order valence-electron chi connectivity index (χ1n) is 12.3. The van der Waals surface area contributed by atoms with Crippen LogP contribution in [0, 0.1) is 0 Å². The number of ether oxygens (including phenoxy) is 2. The number of alkyl carbamates (subject to hydrolysis) is 1. The lowest BCUT2D eigenvalue weighted by Gasteiger charge is -2.20. The number of carboxylic acid groups (broad SMARTS) is 1. The summed E-state index contributed by atoms with van der Waals surface area (Å²) in [4.78, 5) is 36.5. The highest BCUT2D eigenvalue weighted by atomic mass is 16.5. The summed E-state index contributed by atoms with van der Waals surface area (Å²) in [5.74, 6) is -1.37. The van der Waals surface area contributed by atoms with Crippen molar-refractivity contribution in [3.05, 3.63) is 59.7 Å². The normalized spacial score (nSPS) is 19.5. The number of nitrogens with one attached hydrogen (secondary N) is 2. The summed E-state index contributed by atoms with van der Waals surface area (Å²) in [6, 6.07) is 15.5. The van der Waals surface area contributed by atoms with E-state index < -0.39 is 24.2 Å². The summed E-state index contributed by atoms with van der Waals surface area (Å²) in [5.41, 5.74) is 4.55. The largest absolute Gasteiger partial charge is 0.479 e. The van der Waals surface area contributed by atoms with E-state index in [1.165, 1.54) is 0 Å². The van der Waals surface area contributed by atoms with Gasteiger partial charge in [-0.05, 0) is 41.5 Å². The lowest BCUT2D eigenvalue weighted by atomic mass is 9.98. The van der Waals surface area contributed by atoms with Crippen molar-refractivity contribution in [3.63, 3.8) is 0 Å². The Morgan fingerprint density at radius 1 is 1.06 bits per heavy atom. The molecule has 0 aromatic heterocycles. The predicted molar refractivity (Wildman–Crippen MR) is 130 cm³/mol. The molecule has 8 heteroatoms. The van der Waals surface area contributed by atoms with Gasteiger partial charge in [0.05, 0.1) is 6.10 Å². The third kappa shape index (κ3) is 5.82. The van der Waals surface area contributed by atoms with E-state index in [0.717, 1.165) is 35.1 Å². The predicted octanol–water partition coefficient (Wildman–Crippen LogP) is 3.83. The molecule has 1 aliphatic heterocycles. The molecule has 8 nitrogen and oxygen atoms in total. The maximum absolute atomic E-state index is 12.8. The van der Waals surface area contributed by atoms with E-state index in [9.17, 15) is 14.4 Å². The van der Waals surface area contributed by atoms with Crippen molar-refractivity contribution >= 4 is 18.0 Å². The Bertz CT molecular complexity index is 1030. The maximum Gasteiger partial charge on any atom is 0.407 e. The second-order valence-electron chi connectivity index (χ2n) is 9.07. The molecular formula is C27H32N2O6. The zero-order valence-corrected chi connectivity index (χ0v) is 19.9. The van der Waals surface area contributed by atoms with Gasteiger partial charge in [0.25, 0.3) is 0 Å². The molecule has 4 rings (SSSR count). The first-order chi connectivity index (χ1) is 17.0. The number of amides is 2. The third-order valence-corrected chi connectivity index (χ3v) is 6.69. The minimum atomic E-state index is -0.989. The zero-order chi connectivity index (χ0) is 24.8. The molecule has 0 spiro atoms. The molecule has 3 atom stereocenters. The van der Waals surface area contributed by atoms with Gasteiger partial charge in [0.1, 0.15) is 12.6 Å². The Morgan fingerprint density at radius 3 is 2.31 bits per heavy atom. The zero-order valence-electron chi connectivity index (χ0n) is 19.9. The molecule has 35 heavy (non-hydrogen) atoms. The summed E-state index contributed by atoms with van der Waals surface area (Å²) in [6.45, 7) is 2.40. The lowest BCUT2D eigenvalue weighted by molar-refractivity contribution is -0.149. The average molecular weight is 481 g/mol. The highest BCUT2D eigenvalue weighted by molar-refractivity contribution is 5.85. The van der Waals surface area contributed by atoms with Crippen LogP contribution in [0.5, 0.6) is 0 Å². The van der Waals surface area contributed by atoms with Gasteiger partial charge in [-0.3, -0.25) is 4.79 Å². The Hall–Kier alpha value is -3.39. The highest BCUT2D eigenvalue weighted by Gasteiger charge is 2.32. The van der Waals surface area contributed by atoms with E-state index in [4.69, 9.17) is 14.6 Å². The molecule has 2 aromatic rings. The molecule has 186 valence electrons.